The Morgan fingerprint density at radius 1 is 1.56 bits per heavy atom. The van der Waals surface area contributed by atoms with E-state index in [1.165, 1.54) is 0 Å². The van der Waals surface area contributed by atoms with E-state index in [1.54, 1.807) is 11.3 Å². The fourth-order valence-corrected chi connectivity index (χ4v) is 1.39. The van der Waals surface area contributed by atoms with Crippen LogP contribution in [-0.4, -0.2) is 4.98 Å². The lowest BCUT2D eigenvalue weighted by Gasteiger charge is -1.73. The molecule has 2 aromatic rings. The maximum atomic E-state index is 4.11. The van der Waals surface area contributed by atoms with Gasteiger partial charge < -0.3 is 0 Å². The molecule has 2 nitrogen and oxygen atoms in total. The fourth-order valence-electron chi connectivity index (χ4n) is 0.745. The van der Waals surface area contributed by atoms with Crippen molar-refractivity contribution in [2.45, 2.75) is 0 Å². The van der Waals surface area contributed by atoms with E-state index in [4.69, 9.17) is 0 Å². The van der Waals surface area contributed by atoms with E-state index in [2.05, 4.69) is 9.97 Å². The second-order valence-electron chi connectivity index (χ2n) is 1.74. The molecule has 2 heterocycles. The number of aromatic amines is 1. The van der Waals surface area contributed by atoms with Gasteiger partial charge in [0, 0.05) is 6.07 Å². The summed E-state index contributed by atoms with van der Waals surface area (Å²) >= 11 is 1.62. The highest BCUT2D eigenvalue weighted by molar-refractivity contribution is 7.15. The minimum Gasteiger partial charge on any atom is -0.238 e. The molecule has 0 aliphatic rings. The molecule has 1 N–H and O–H groups in total. The summed E-state index contributed by atoms with van der Waals surface area (Å²) in [6, 6.07) is 3.93. The zero-order valence-electron chi connectivity index (χ0n) is 4.66. The molecular formula is C6H5N2S+. The molecule has 0 radical (unpaired) electrons. The predicted molar refractivity (Wildman–Crippen MR) is 36.2 cm³/mol. The van der Waals surface area contributed by atoms with Crippen LogP contribution in [0.25, 0.3) is 10.3 Å². The van der Waals surface area contributed by atoms with E-state index in [-0.39, 0.29) is 0 Å². The van der Waals surface area contributed by atoms with Crippen molar-refractivity contribution in [3.05, 3.63) is 23.8 Å². The van der Waals surface area contributed by atoms with Crippen LogP contribution in [0.4, 0.5) is 0 Å². The summed E-state index contributed by atoms with van der Waals surface area (Å²) in [6.07, 6.45) is 1.90. The second-order valence-corrected chi connectivity index (χ2v) is 2.59. The average Bonchev–Trinajstić information content (AvgIpc) is 2.33. The van der Waals surface area contributed by atoms with Crippen LogP contribution in [0.5, 0.6) is 0 Å². The summed E-state index contributed by atoms with van der Waals surface area (Å²) in [7, 11) is 0. The van der Waals surface area contributed by atoms with Gasteiger partial charge >= 0.3 is 0 Å². The van der Waals surface area contributed by atoms with E-state index < -0.39 is 0 Å². The molecule has 0 atom stereocenters. The van der Waals surface area contributed by atoms with Crippen LogP contribution in [0.1, 0.15) is 0 Å². The third-order valence-corrected chi connectivity index (χ3v) is 1.93. The molecule has 0 aromatic carbocycles. The fraction of sp³-hybridized carbons (Fsp3) is 0. The third kappa shape index (κ3) is 0.695. The van der Waals surface area contributed by atoms with Crippen LogP contribution in [0.15, 0.2) is 23.8 Å². The molecule has 44 valence electrons. The van der Waals surface area contributed by atoms with Crippen molar-refractivity contribution in [2.75, 3.05) is 0 Å². The zero-order chi connectivity index (χ0) is 6.10. The highest BCUT2D eigenvalue weighted by atomic mass is 32.1. The summed E-state index contributed by atoms with van der Waals surface area (Å²) in [5.74, 6) is 0. The first kappa shape index (κ1) is 4.88. The first-order valence-corrected chi connectivity index (χ1v) is 3.55. The predicted octanol–water partition coefficient (Wildman–Crippen LogP) is 1.11. The lowest BCUT2D eigenvalue weighted by atomic mass is 10.5. The molecule has 0 fully saturated rings. The monoisotopic (exact) mass is 137 g/mol. The van der Waals surface area contributed by atoms with Crippen molar-refractivity contribution in [3.8, 4) is 0 Å². The van der Waals surface area contributed by atoms with Gasteiger partial charge in [-0.05, 0) is 6.07 Å². The minimum atomic E-state index is 1.04. The summed E-state index contributed by atoms with van der Waals surface area (Å²) in [5.41, 5.74) is 2.88. The van der Waals surface area contributed by atoms with E-state index in [9.17, 15) is 0 Å². The highest BCUT2D eigenvalue weighted by Gasteiger charge is 1.97. The summed E-state index contributed by atoms with van der Waals surface area (Å²) in [4.78, 5) is 8.33. The molecule has 2 aromatic heterocycles. The molecule has 2 rings (SSSR count). The number of fused-ring (bicyclic) bond motifs is 1. The normalized spacial score (nSPS) is 10.2. The van der Waals surface area contributed by atoms with Crippen LogP contribution < -0.4 is 4.98 Å². The molecule has 0 saturated heterocycles. The van der Waals surface area contributed by atoms with Crippen LogP contribution in [-0.2, 0) is 0 Å². The van der Waals surface area contributed by atoms with E-state index in [1.807, 2.05) is 23.8 Å². The molecule has 9 heavy (non-hydrogen) atoms. The molecule has 0 spiro atoms. The topological polar surface area (TPSA) is 27.0 Å². The van der Waals surface area contributed by atoms with Crippen molar-refractivity contribution in [2.24, 2.45) is 0 Å². The molecule has 0 unspecified atom stereocenters. The molecule has 0 saturated carbocycles. The van der Waals surface area contributed by atoms with Crippen LogP contribution in [0, 0.1) is 0 Å². The quantitative estimate of drug-likeness (QED) is 0.534. The lowest BCUT2D eigenvalue weighted by molar-refractivity contribution is -0.341. The van der Waals surface area contributed by atoms with Crippen LogP contribution in [0.3, 0.4) is 0 Å². The number of pyridine rings is 1. The third-order valence-electron chi connectivity index (χ3n) is 1.16. The van der Waals surface area contributed by atoms with E-state index >= 15 is 0 Å². The Labute approximate surface area is 56.2 Å². The molecule has 0 aliphatic carbocycles. The van der Waals surface area contributed by atoms with Crippen LogP contribution >= 0.6 is 11.3 Å². The number of rotatable bonds is 0. The Morgan fingerprint density at radius 3 is 3.44 bits per heavy atom. The maximum Gasteiger partial charge on any atom is 0.287 e. The van der Waals surface area contributed by atoms with Gasteiger partial charge in [-0.25, -0.2) is 9.97 Å². The van der Waals surface area contributed by atoms with Crippen molar-refractivity contribution >= 4 is 21.7 Å². The Bertz CT molecular complexity index is 285. The Hall–Kier alpha value is -0.960. The van der Waals surface area contributed by atoms with Crippen molar-refractivity contribution in [1.29, 1.82) is 0 Å². The highest BCUT2D eigenvalue weighted by Crippen LogP contribution is 2.09. The number of nitrogens with zero attached hydrogens (tertiary/aromatic N) is 1. The van der Waals surface area contributed by atoms with E-state index in [0.717, 1.165) is 10.3 Å². The number of hydrogen-bond donors (Lipinski definition) is 0. The number of H-pyrrole nitrogens is 1. The van der Waals surface area contributed by atoms with Crippen LogP contribution in [0.2, 0.25) is 0 Å². The Balaban J connectivity index is 2.95. The van der Waals surface area contributed by atoms with Crippen molar-refractivity contribution < 1.29 is 4.98 Å². The largest absolute Gasteiger partial charge is 0.287 e. The average molecular weight is 137 g/mol. The smallest absolute Gasteiger partial charge is 0.238 e. The first-order chi connectivity index (χ1) is 4.47. The van der Waals surface area contributed by atoms with Gasteiger partial charge in [0.2, 0.25) is 0 Å². The number of aromatic nitrogens is 2. The van der Waals surface area contributed by atoms with Gasteiger partial charge in [-0.3, -0.25) is 0 Å². The SMILES string of the molecule is c1c[nH+]c2scnc2c1. The Kier molecular flexibility index (Phi) is 0.960. The molecule has 0 bridgehead atoms. The summed E-state index contributed by atoms with van der Waals surface area (Å²) < 4.78 is 0. The zero-order valence-corrected chi connectivity index (χ0v) is 5.48. The van der Waals surface area contributed by atoms with E-state index in [0.29, 0.717) is 0 Å². The van der Waals surface area contributed by atoms with Crippen molar-refractivity contribution in [3.63, 3.8) is 0 Å². The molecule has 0 aliphatic heterocycles. The first-order valence-electron chi connectivity index (χ1n) is 2.67. The summed E-state index contributed by atoms with van der Waals surface area (Å²) in [6.45, 7) is 0. The van der Waals surface area contributed by atoms with Gasteiger partial charge in [-0.2, -0.15) is 0 Å². The number of thiazole rings is 1. The maximum absolute atomic E-state index is 4.11. The minimum absolute atomic E-state index is 1.04. The van der Waals surface area contributed by atoms with Gasteiger partial charge in [0.1, 0.15) is 5.52 Å². The van der Waals surface area contributed by atoms with Gasteiger partial charge in [-0.15, -0.1) is 0 Å². The van der Waals surface area contributed by atoms with Crippen molar-refractivity contribution in [1.82, 2.24) is 4.98 Å². The number of hydrogen-bond acceptors (Lipinski definition) is 2. The Morgan fingerprint density at radius 2 is 2.56 bits per heavy atom. The van der Waals surface area contributed by atoms with Gasteiger partial charge in [0.25, 0.3) is 4.83 Å². The molecule has 3 heteroatoms. The number of nitrogens with one attached hydrogen (secondary N) is 1. The standard InChI is InChI=1S/C6H4N2S/c1-2-5-6(7-3-1)9-4-8-5/h1-4H/p+1. The second kappa shape index (κ2) is 1.77. The summed E-state index contributed by atoms with van der Waals surface area (Å²) in [5, 5.41) is 0. The van der Waals surface area contributed by atoms with Gasteiger partial charge in [-0.1, -0.05) is 11.3 Å². The van der Waals surface area contributed by atoms with Gasteiger partial charge in [0.05, 0.1) is 5.51 Å². The molecular weight excluding hydrogens is 132 g/mol. The molecule has 0 amide bonds. The van der Waals surface area contributed by atoms with Gasteiger partial charge in [0.15, 0.2) is 6.20 Å². The lowest BCUT2D eigenvalue weighted by Crippen LogP contribution is -1.97.